The third-order valence-electron chi connectivity index (χ3n) is 4.36. The van der Waals surface area contributed by atoms with Crippen molar-refractivity contribution in [1.82, 2.24) is 4.98 Å². The summed E-state index contributed by atoms with van der Waals surface area (Å²) in [6.45, 7) is 7.43. The van der Waals surface area contributed by atoms with Gasteiger partial charge in [-0.2, -0.15) is 0 Å². The number of amides is 2. The molecular weight excluding hydrogens is 370 g/mol. The van der Waals surface area contributed by atoms with Crippen LogP contribution < -0.4 is 10.6 Å². The Labute approximate surface area is 168 Å². The van der Waals surface area contributed by atoms with Gasteiger partial charge in [0.25, 0.3) is 0 Å². The number of carbonyl (C=O) groups is 2. The number of para-hydroxylation sites is 1. The lowest BCUT2D eigenvalue weighted by atomic mass is 10.1. The van der Waals surface area contributed by atoms with Crippen molar-refractivity contribution < 1.29 is 9.59 Å². The Morgan fingerprint density at radius 2 is 1.61 bits per heavy atom. The highest BCUT2D eigenvalue weighted by Gasteiger charge is 2.16. The molecule has 1 unspecified atom stereocenters. The van der Waals surface area contributed by atoms with Gasteiger partial charge in [-0.1, -0.05) is 30.0 Å². The first-order valence-electron chi connectivity index (χ1n) is 9.05. The number of nitrogens with one attached hydrogen (secondary N) is 2. The summed E-state index contributed by atoms with van der Waals surface area (Å²) in [6, 6.07) is 15.2. The lowest BCUT2D eigenvalue weighted by Gasteiger charge is -2.14. The molecule has 1 heterocycles. The van der Waals surface area contributed by atoms with E-state index in [1.165, 1.54) is 18.7 Å². The minimum atomic E-state index is -0.302. The average molecular weight is 394 g/mol. The van der Waals surface area contributed by atoms with Crippen LogP contribution in [0.5, 0.6) is 0 Å². The van der Waals surface area contributed by atoms with Gasteiger partial charge in [-0.3, -0.25) is 9.59 Å². The summed E-state index contributed by atoms with van der Waals surface area (Å²) in [6.07, 6.45) is 0. The maximum atomic E-state index is 12.6. The number of nitrogens with zero attached hydrogens (tertiary/aromatic N) is 1. The molecule has 0 aliphatic heterocycles. The van der Waals surface area contributed by atoms with Crippen LogP contribution in [0.4, 0.5) is 11.4 Å². The molecule has 1 aromatic heterocycles. The molecule has 28 heavy (non-hydrogen) atoms. The predicted octanol–water partition coefficient (Wildman–Crippen LogP) is 4.93. The molecule has 144 valence electrons. The number of hydrogen-bond donors (Lipinski definition) is 2. The minimum Gasteiger partial charge on any atom is -0.326 e. The smallest absolute Gasteiger partial charge is 0.237 e. The number of aryl methyl sites for hydroxylation is 2. The summed E-state index contributed by atoms with van der Waals surface area (Å²) in [5.41, 5.74) is 4.63. The van der Waals surface area contributed by atoms with Gasteiger partial charge in [-0.15, -0.1) is 0 Å². The molecule has 5 nitrogen and oxygen atoms in total. The highest BCUT2D eigenvalue weighted by atomic mass is 32.2. The van der Waals surface area contributed by atoms with E-state index in [-0.39, 0.29) is 17.1 Å². The van der Waals surface area contributed by atoms with Crippen molar-refractivity contribution >= 4 is 45.9 Å². The lowest BCUT2D eigenvalue weighted by Crippen LogP contribution is -2.22. The number of benzene rings is 2. The predicted molar refractivity (Wildman–Crippen MR) is 116 cm³/mol. The monoisotopic (exact) mass is 393 g/mol. The van der Waals surface area contributed by atoms with Crippen LogP contribution in [0.15, 0.2) is 53.6 Å². The van der Waals surface area contributed by atoms with E-state index in [4.69, 9.17) is 4.98 Å². The molecule has 2 aromatic carbocycles. The van der Waals surface area contributed by atoms with E-state index in [0.717, 1.165) is 27.1 Å². The van der Waals surface area contributed by atoms with Gasteiger partial charge in [0.15, 0.2) is 0 Å². The summed E-state index contributed by atoms with van der Waals surface area (Å²) in [4.78, 5) is 28.4. The number of hydrogen-bond acceptors (Lipinski definition) is 4. The Balaban J connectivity index is 1.69. The third kappa shape index (κ3) is 4.70. The minimum absolute atomic E-state index is 0.0957. The molecule has 1 atom stereocenters. The van der Waals surface area contributed by atoms with E-state index in [1.54, 1.807) is 24.3 Å². The van der Waals surface area contributed by atoms with Crippen molar-refractivity contribution in [2.45, 2.75) is 38.0 Å². The summed E-state index contributed by atoms with van der Waals surface area (Å²) in [7, 11) is 0. The van der Waals surface area contributed by atoms with Crippen LogP contribution in [0.2, 0.25) is 0 Å². The maximum Gasteiger partial charge on any atom is 0.237 e. The second kappa shape index (κ2) is 8.44. The molecule has 0 saturated heterocycles. The Hall–Kier alpha value is -2.86. The van der Waals surface area contributed by atoms with Crippen molar-refractivity contribution in [2.75, 3.05) is 10.6 Å². The fourth-order valence-electron chi connectivity index (χ4n) is 2.91. The quantitative estimate of drug-likeness (QED) is 0.603. The van der Waals surface area contributed by atoms with Crippen LogP contribution in [-0.2, 0) is 9.59 Å². The summed E-state index contributed by atoms with van der Waals surface area (Å²) < 4.78 is 0. The summed E-state index contributed by atoms with van der Waals surface area (Å²) in [5.74, 6) is -0.225. The lowest BCUT2D eigenvalue weighted by molar-refractivity contribution is -0.115. The van der Waals surface area contributed by atoms with E-state index in [2.05, 4.69) is 23.6 Å². The normalized spacial score (nSPS) is 11.9. The molecule has 0 aliphatic rings. The van der Waals surface area contributed by atoms with Crippen LogP contribution in [0, 0.1) is 13.8 Å². The first-order valence-corrected chi connectivity index (χ1v) is 9.93. The van der Waals surface area contributed by atoms with E-state index < -0.39 is 0 Å². The third-order valence-corrected chi connectivity index (χ3v) is 5.38. The molecular formula is C22H23N3O2S. The first kappa shape index (κ1) is 19.9. The standard InChI is InChI=1S/C22H23N3O2S/c1-13-6-5-7-19-14(2)12-20(25-21(13)19)28-15(3)22(27)24-18-10-8-17(9-11-18)23-16(4)26/h5-12,15H,1-4H3,(H,23,26)(H,24,27). The Morgan fingerprint density at radius 1 is 0.964 bits per heavy atom. The molecule has 0 saturated carbocycles. The van der Waals surface area contributed by atoms with Gasteiger partial charge < -0.3 is 10.6 Å². The van der Waals surface area contributed by atoms with Gasteiger partial charge in [0.2, 0.25) is 11.8 Å². The Morgan fingerprint density at radius 3 is 2.25 bits per heavy atom. The molecule has 2 N–H and O–H groups in total. The highest BCUT2D eigenvalue weighted by Crippen LogP contribution is 2.28. The number of anilines is 2. The van der Waals surface area contributed by atoms with Gasteiger partial charge in [-0.25, -0.2) is 4.98 Å². The van der Waals surface area contributed by atoms with Gasteiger partial charge >= 0.3 is 0 Å². The van der Waals surface area contributed by atoms with E-state index in [1.807, 2.05) is 32.0 Å². The van der Waals surface area contributed by atoms with Gasteiger partial charge in [0, 0.05) is 23.7 Å². The fourth-order valence-corrected chi connectivity index (χ4v) is 3.83. The van der Waals surface area contributed by atoms with Crippen molar-refractivity contribution in [3.05, 3.63) is 59.7 Å². The zero-order valence-corrected chi connectivity index (χ0v) is 17.2. The summed E-state index contributed by atoms with van der Waals surface area (Å²) in [5, 5.41) is 7.28. The van der Waals surface area contributed by atoms with Gasteiger partial charge in [0.1, 0.15) is 0 Å². The van der Waals surface area contributed by atoms with E-state index >= 15 is 0 Å². The molecule has 2 amide bonds. The number of aromatic nitrogens is 1. The fraction of sp³-hybridized carbons (Fsp3) is 0.227. The van der Waals surface area contributed by atoms with Crippen LogP contribution in [0.25, 0.3) is 10.9 Å². The number of fused-ring (bicyclic) bond motifs is 1. The second-order valence-corrected chi connectivity index (χ2v) is 8.12. The van der Waals surface area contributed by atoms with Crippen molar-refractivity contribution in [3.63, 3.8) is 0 Å². The first-order chi connectivity index (χ1) is 13.3. The van der Waals surface area contributed by atoms with Crippen LogP contribution in [0.1, 0.15) is 25.0 Å². The molecule has 0 radical (unpaired) electrons. The molecule has 3 rings (SSSR count). The number of carbonyl (C=O) groups excluding carboxylic acids is 2. The van der Waals surface area contributed by atoms with Crippen LogP contribution in [-0.4, -0.2) is 22.0 Å². The largest absolute Gasteiger partial charge is 0.326 e. The SMILES string of the molecule is CC(=O)Nc1ccc(NC(=O)C(C)Sc2cc(C)c3cccc(C)c3n2)cc1. The van der Waals surface area contributed by atoms with E-state index in [9.17, 15) is 9.59 Å². The topological polar surface area (TPSA) is 71.1 Å². The van der Waals surface area contributed by atoms with Crippen LogP contribution >= 0.6 is 11.8 Å². The maximum absolute atomic E-state index is 12.6. The molecule has 3 aromatic rings. The van der Waals surface area contributed by atoms with E-state index in [0.29, 0.717) is 11.4 Å². The zero-order chi connectivity index (χ0) is 20.3. The second-order valence-electron chi connectivity index (χ2n) is 6.76. The van der Waals surface area contributed by atoms with Crippen molar-refractivity contribution in [1.29, 1.82) is 0 Å². The zero-order valence-electron chi connectivity index (χ0n) is 16.4. The Kier molecular flexibility index (Phi) is 5.99. The molecule has 0 fully saturated rings. The average Bonchev–Trinajstić information content (AvgIpc) is 2.64. The molecule has 0 aliphatic carbocycles. The number of rotatable bonds is 5. The van der Waals surface area contributed by atoms with Crippen LogP contribution in [0.3, 0.4) is 0 Å². The van der Waals surface area contributed by atoms with Gasteiger partial charge in [0.05, 0.1) is 15.8 Å². The highest BCUT2D eigenvalue weighted by molar-refractivity contribution is 8.00. The molecule has 0 spiro atoms. The Bertz CT molecular complexity index is 1030. The van der Waals surface area contributed by atoms with Crippen molar-refractivity contribution in [3.8, 4) is 0 Å². The van der Waals surface area contributed by atoms with Crippen molar-refractivity contribution in [2.24, 2.45) is 0 Å². The molecule has 6 heteroatoms. The molecule has 0 bridgehead atoms. The number of thioether (sulfide) groups is 1. The number of pyridine rings is 1. The summed E-state index contributed by atoms with van der Waals surface area (Å²) >= 11 is 1.44. The van der Waals surface area contributed by atoms with Gasteiger partial charge in [-0.05, 0) is 62.2 Å².